The molecule has 0 saturated heterocycles. The van der Waals surface area contributed by atoms with Crippen LogP contribution in [0.5, 0.6) is 0 Å². The third-order valence-corrected chi connectivity index (χ3v) is 3.77. The van der Waals surface area contributed by atoms with Crippen LogP contribution in [0.3, 0.4) is 0 Å². The Morgan fingerprint density at radius 2 is 2.00 bits per heavy atom. The first kappa shape index (κ1) is 14.7. The summed E-state index contributed by atoms with van der Waals surface area (Å²) in [6.45, 7) is -0.0331. The summed E-state index contributed by atoms with van der Waals surface area (Å²) in [5.74, 6) is -2.67. The van der Waals surface area contributed by atoms with Gasteiger partial charge < -0.3 is 15.7 Å². The molecule has 1 aromatic rings. The highest BCUT2D eigenvalue weighted by atomic mass is 79.9. The predicted molar refractivity (Wildman–Crippen MR) is 70.4 cm³/mol. The van der Waals surface area contributed by atoms with Crippen LogP contribution in [0.1, 0.15) is 12.8 Å². The number of rotatable bonds is 4. The van der Waals surface area contributed by atoms with E-state index in [9.17, 15) is 18.4 Å². The number of nitrogens with one attached hydrogen (secondary N) is 2. The highest BCUT2D eigenvalue weighted by molar-refractivity contribution is 9.10. The number of hydrogen-bond donors (Lipinski definition) is 3. The summed E-state index contributed by atoms with van der Waals surface area (Å²) in [5, 5.41) is 13.5. The average molecular weight is 349 g/mol. The average Bonchev–Trinajstić information content (AvgIpc) is 3.12. The van der Waals surface area contributed by atoms with Crippen molar-refractivity contribution in [3.05, 3.63) is 28.2 Å². The molecule has 2 amide bonds. The molecule has 1 aliphatic carbocycles. The Balaban J connectivity index is 1.97. The van der Waals surface area contributed by atoms with Crippen LogP contribution in [0.4, 0.5) is 19.3 Å². The number of benzene rings is 1. The Bertz CT molecular complexity index is 553. The highest BCUT2D eigenvalue weighted by Gasteiger charge is 2.50. The molecule has 20 heavy (non-hydrogen) atoms. The van der Waals surface area contributed by atoms with Crippen molar-refractivity contribution in [1.29, 1.82) is 0 Å². The molecule has 8 heteroatoms. The zero-order chi connectivity index (χ0) is 14.9. The molecule has 1 aromatic carbocycles. The number of urea groups is 1. The van der Waals surface area contributed by atoms with E-state index >= 15 is 0 Å². The van der Waals surface area contributed by atoms with E-state index < -0.39 is 29.0 Å². The van der Waals surface area contributed by atoms with Gasteiger partial charge in [0.2, 0.25) is 0 Å². The second-order valence-corrected chi connectivity index (χ2v) is 5.49. The number of hydrogen-bond acceptors (Lipinski definition) is 2. The van der Waals surface area contributed by atoms with Crippen LogP contribution < -0.4 is 10.6 Å². The van der Waals surface area contributed by atoms with Gasteiger partial charge in [-0.05, 0) is 34.8 Å². The summed E-state index contributed by atoms with van der Waals surface area (Å²) in [6, 6.07) is 0.905. The van der Waals surface area contributed by atoms with Crippen molar-refractivity contribution in [2.24, 2.45) is 5.41 Å². The molecule has 0 radical (unpaired) electrons. The number of amides is 2. The first-order valence-electron chi connectivity index (χ1n) is 5.77. The van der Waals surface area contributed by atoms with Crippen molar-refractivity contribution < 1.29 is 23.5 Å². The van der Waals surface area contributed by atoms with Crippen LogP contribution in [-0.2, 0) is 4.79 Å². The van der Waals surface area contributed by atoms with Gasteiger partial charge in [-0.25, -0.2) is 13.6 Å². The predicted octanol–water partition coefficient (Wildman–Crippen LogP) is 2.71. The molecule has 3 N–H and O–H groups in total. The molecule has 0 heterocycles. The smallest absolute Gasteiger partial charge is 0.319 e. The Morgan fingerprint density at radius 1 is 1.35 bits per heavy atom. The molecular formula is C12H11BrF2N2O3. The zero-order valence-corrected chi connectivity index (χ0v) is 11.8. The minimum atomic E-state index is -0.966. The number of carbonyl (C=O) groups is 2. The summed E-state index contributed by atoms with van der Waals surface area (Å²) in [5.41, 5.74) is -1.11. The molecule has 0 aromatic heterocycles. The van der Waals surface area contributed by atoms with E-state index in [0.29, 0.717) is 18.9 Å². The van der Waals surface area contributed by atoms with E-state index in [1.165, 1.54) is 0 Å². The summed E-state index contributed by atoms with van der Waals surface area (Å²) in [6.07, 6.45) is 0.994. The monoisotopic (exact) mass is 348 g/mol. The zero-order valence-electron chi connectivity index (χ0n) is 10.2. The molecule has 0 bridgehead atoms. The van der Waals surface area contributed by atoms with Crippen molar-refractivity contribution in [1.82, 2.24) is 5.32 Å². The van der Waals surface area contributed by atoms with E-state index in [0.717, 1.165) is 6.07 Å². The van der Waals surface area contributed by atoms with Crippen LogP contribution in [-0.4, -0.2) is 23.7 Å². The van der Waals surface area contributed by atoms with E-state index in [-0.39, 0.29) is 16.7 Å². The molecule has 2 rings (SSSR count). The molecule has 0 aliphatic heterocycles. The lowest BCUT2D eigenvalue weighted by atomic mass is 10.1. The van der Waals surface area contributed by atoms with Gasteiger partial charge in [-0.15, -0.1) is 0 Å². The van der Waals surface area contributed by atoms with Crippen LogP contribution in [0.2, 0.25) is 0 Å². The van der Waals surface area contributed by atoms with Gasteiger partial charge in [0.05, 0.1) is 11.1 Å². The number of carboxylic acids is 1. The van der Waals surface area contributed by atoms with Gasteiger partial charge in [-0.3, -0.25) is 4.79 Å². The minimum Gasteiger partial charge on any atom is -0.481 e. The fourth-order valence-corrected chi connectivity index (χ4v) is 2.19. The quantitative estimate of drug-likeness (QED) is 0.782. The largest absolute Gasteiger partial charge is 0.481 e. The normalized spacial score (nSPS) is 15.6. The number of aliphatic carboxylic acids is 1. The molecule has 0 unspecified atom stereocenters. The summed E-state index contributed by atoms with van der Waals surface area (Å²) in [4.78, 5) is 22.5. The maximum absolute atomic E-state index is 13.5. The van der Waals surface area contributed by atoms with Crippen LogP contribution in [0.25, 0.3) is 0 Å². The summed E-state index contributed by atoms with van der Waals surface area (Å²) < 4.78 is 26.4. The standard InChI is InChI=1S/C12H11BrF2N2O3/c13-7-3-6(14)4-8(15)9(7)17-11(20)16-5-12(1-2-12)10(18)19/h3-4H,1-2,5H2,(H,18,19)(H2,16,17,20). The van der Waals surface area contributed by atoms with Crippen LogP contribution >= 0.6 is 15.9 Å². The lowest BCUT2D eigenvalue weighted by Gasteiger charge is -2.13. The first-order chi connectivity index (χ1) is 9.34. The van der Waals surface area contributed by atoms with Crippen LogP contribution in [0.15, 0.2) is 16.6 Å². The topological polar surface area (TPSA) is 78.4 Å². The lowest BCUT2D eigenvalue weighted by Crippen LogP contribution is -2.37. The summed E-state index contributed by atoms with van der Waals surface area (Å²) in [7, 11) is 0. The van der Waals surface area contributed by atoms with Gasteiger partial charge >= 0.3 is 12.0 Å². The molecule has 1 aliphatic rings. The van der Waals surface area contributed by atoms with Gasteiger partial charge in [0.25, 0.3) is 0 Å². The number of anilines is 1. The molecule has 108 valence electrons. The van der Waals surface area contributed by atoms with Crippen molar-refractivity contribution in [2.45, 2.75) is 12.8 Å². The molecule has 1 fully saturated rings. The first-order valence-corrected chi connectivity index (χ1v) is 6.56. The maximum Gasteiger partial charge on any atom is 0.319 e. The Hall–Kier alpha value is -1.70. The van der Waals surface area contributed by atoms with E-state index in [2.05, 4.69) is 26.6 Å². The lowest BCUT2D eigenvalue weighted by molar-refractivity contribution is -0.143. The van der Waals surface area contributed by atoms with E-state index in [1.54, 1.807) is 0 Å². The van der Waals surface area contributed by atoms with Crippen molar-refractivity contribution in [3.8, 4) is 0 Å². The number of carbonyl (C=O) groups excluding carboxylic acids is 1. The number of carboxylic acid groups (broad SMARTS) is 1. The van der Waals surface area contributed by atoms with Gasteiger partial charge in [0.15, 0.2) is 5.82 Å². The van der Waals surface area contributed by atoms with Gasteiger partial charge in [-0.1, -0.05) is 0 Å². The molecule has 0 atom stereocenters. The SMILES string of the molecule is O=C(NCC1(C(=O)O)CC1)Nc1c(F)cc(F)cc1Br. The Labute approximate surface area is 121 Å². The third-order valence-electron chi connectivity index (χ3n) is 3.14. The van der Waals surface area contributed by atoms with E-state index in [4.69, 9.17) is 5.11 Å². The molecular weight excluding hydrogens is 338 g/mol. The Morgan fingerprint density at radius 3 is 2.50 bits per heavy atom. The highest BCUT2D eigenvalue weighted by Crippen LogP contribution is 2.45. The molecule has 0 spiro atoms. The molecule has 1 saturated carbocycles. The van der Waals surface area contributed by atoms with Gasteiger partial charge in [0.1, 0.15) is 5.82 Å². The fourth-order valence-electron chi connectivity index (χ4n) is 1.69. The van der Waals surface area contributed by atoms with Gasteiger partial charge in [0, 0.05) is 17.1 Å². The Kier molecular flexibility index (Phi) is 3.94. The van der Waals surface area contributed by atoms with Gasteiger partial charge in [-0.2, -0.15) is 0 Å². The van der Waals surface area contributed by atoms with Crippen molar-refractivity contribution in [3.63, 3.8) is 0 Å². The third kappa shape index (κ3) is 3.06. The second-order valence-electron chi connectivity index (χ2n) is 4.64. The van der Waals surface area contributed by atoms with Crippen LogP contribution in [0, 0.1) is 17.0 Å². The van der Waals surface area contributed by atoms with Crippen molar-refractivity contribution in [2.75, 3.05) is 11.9 Å². The number of halogens is 3. The maximum atomic E-state index is 13.5. The second kappa shape index (κ2) is 5.35. The summed E-state index contributed by atoms with van der Waals surface area (Å²) >= 11 is 2.94. The minimum absolute atomic E-state index is 0.0331. The van der Waals surface area contributed by atoms with Crippen molar-refractivity contribution >= 4 is 33.6 Å². The van der Waals surface area contributed by atoms with E-state index in [1.807, 2.05) is 0 Å². The molecule has 5 nitrogen and oxygen atoms in total. The fraction of sp³-hybridized carbons (Fsp3) is 0.333.